The molecule has 1 rings (SSSR count). The lowest BCUT2D eigenvalue weighted by molar-refractivity contribution is -0.153. The maximum absolute atomic E-state index is 12.1. The van der Waals surface area contributed by atoms with E-state index in [1.807, 2.05) is 26.2 Å². The maximum Gasteiger partial charge on any atom is 0.316 e. The Morgan fingerprint density at radius 2 is 2.11 bits per heavy atom. The van der Waals surface area contributed by atoms with Crippen LogP contribution >= 0.6 is 11.3 Å². The quantitative estimate of drug-likeness (QED) is 0.588. The Morgan fingerprint density at radius 3 is 2.56 bits per heavy atom. The molecule has 0 radical (unpaired) electrons. The minimum absolute atomic E-state index is 0.0578. The summed E-state index contributed by atoms with van der Waals surface area (Å²) in [7, 11) is 0. The number of aromatic nitrogens is 1. The first-order valence-corrected chi connectivity index (χ1v) is 6.94. The molecule has 0 saturated carbocycles. The zero-order chi connectivity index (χ0) is 13.7. The summed E-state index contributed by atoms with van der Waals surface area (Å²) in [6.07, 6.45) is 0.208. The number of rotatable bonds is 6. The lowest BCUT2D eigenvalue weighted by atomic mass is 9.90. The Balaban J connectivity index is 2.74. The molecule has 1 aromatic heterocycles. The van der Waals surface area contributed by atoms with E-state index < -0.39 is 11.9 Å². The van der Waals surface area contributed by atoms with Gasteiger partial charge in [-0.1, -0.05) is 13.8 Å². The molecule has 0 aliphatic heterocycles. The Labute approximate surface area is 111 Å². The van der Waals surface area contributed by atoms with Crippen molar-refractivity contribution in [3.8, 4) is 0 Å². The molecule has 5 heteroatoms. The highest BCUT2D eigenvalue weighted by Gasteiger charge is 2.31. The topological polar surface area (TPSA) is 56.3 Å². The summed E-state index contributed by atoms with van der Waals surface area (Å²) in [6, 6.07) is 0. The molecular weight excluding hydrogens is 250 g/mol. The van der Waals surface area contributed by atoms with E-state index >= 15 is 0 Å². The third kappa shape index (κ3) is 3.91. The first-order chi connectivity index (χ1) is 8.45. The van der Waals surface area contributed by atoms with E-state index in [0.717, 1.165) is 10.7 Å². The summed E-state index contributed by atoms with van der Waals surface area (Å²) in [5, 5.41) is 2.66. The lowest BCUT2D eigenvalue weighted by Gasteiger charge is -2.17. The molecular formula is C13H19NO3S. The number of hydrogen-bond acceptors (Lipinski definition) is 5. The highest BCUT2D eigenvalue weighted by molar-refractivity contribution is 7.09. The first-order valence-electron chi connectivity index (χ1n) is 6.06. The van der Waals surface area contributed by atoms with Gasteiger partial charge in [0, 0.05) is 11.1 Å². The number of Topliss-reactive ketones (excluding diaryl/α,β-unsaturated/α-hetero) is 1. The van der Waals surface area contributed by atoms with E-state index in [4.69, 9.17) is 4.74 Å². The maximum atomic E-state index is 12.1. The summed E-state index contributed by atoms with van der Waals surface area (Å²) in [5.74, 6) is -1.28. The lowest BCUT2D eigenvalue weighted by Crippen LogP contribution is -2.31. The summed E-state index contributed by atoms with van der Waals surface area (Å²) >= 11 is 1.45. The van der Waals surface area contributed by atoms with Gasteiger partial charge in [0.05, 0.1) is 13.0 Å². The number of hydrogen-bond donors (Lipinski definition) is 0. The largest absolute Gasteiger partial charge is 0.465 e. The van der Waals surface area contributed by atoms with Crippen LogP contribution in [0.4, 0.5) is 0 Å². The van der Waals surface area contributed by atoms with Crippen LogP contribution in [0.3, 0.4) is 0 Å². The van der Waals surface area contributed by atoms with Gasteiger partial charge in [0.25, 0.3) is 0 Å². The van der Waals surface area contributed by atoms with Crippen molar-refractivity contribution in [1.82, 2.24) is 4.98 Å². The van der Waals surface area contributed by atoms with Crippen molar-refractivity contribution in [3.05, 3.63) is 16.1 Å². The predicted molar refractivity (Wildman–Crippen MR) is 70.5 cm³/mol. The van der Waals surface area contributed by atoms with Gasteiger partial charge in [-0.3, -0.25) is 9.59 Å². The summed E-state index contributed by atoms with van der Waals surface area (Å²) in [4.78, 5) is 28.2. The third-order valence-corrected chi connectivity index (χ3v) is 3.51. The molecule has 100 valence electrons. The van der Waals surface area contributed by atoms with E-state index in [0.29, 0.717) is 6.61 Å². The van der Waals surface area contributed by atoms with Crippen molar-refractivity contribution in [1.29, 1.82) is 0 Å². The smallest absolute Gasteiger partial charge is 0.316 e. The molecule has 1 heterocycles. The molecule has 0 aromatic carbocycles. The van der Waals surface area contributed by atoms with Gasteiger partial charge in [0.2, 0.25) is 0 Å². The van der Waals surface area contributed by atoms with Crippen LogP contribution in [0, 0.1) is 18.8 Å². The molecule has 18 heavy (non-hydrogen) atoms. The zero-order valence-corrected chi connectivity index (χ0v) is 12.0. The normalized spacial score (nSPS) is 12.5. The number of ether oxygens (including phenoxy) is 1. The number of nitrogens with zero attached hydrogens (tertiary/aromatic N) is 1. The van der Waals surface area contributed by atoms with Crippen LogP contribution in [0.1, 0.15) is 31.5 Å². The van der Waals surface area contributed by atoms with Gasteiger partial charge in [-0.15, -0.1) is 11.3 Å². The molecule has 1 atom stereocenters. The van der Waals surface area contributed by atoms with E-state index in [-0.39, 0.29) is 18.1 Å². The molecule has 1 unspecified atom stereocenters. The van der Waals surface area contributed by atoms with Crippen LogP contribution < -0.4 is 0 Å². The van der Waals surface area contributed by atoms with E-state index in [9.17, 15) is 9.59 Å². The second kappa shape index (κ2) is 6.64. The molecule has 0 amide bonds. The Bertz CT molecular complexity index is 426. The predicted octanol–water partition coefficient (Wildman–Crippen LogP) is 2.40. The fourth-order valence-electron chi connectivity index (χ4n) is 1.75. The average Bonchev–Trinajstić information content (AvgIpc) is 2.63. The standard InChI is InChI=1S/C13H19NO3S/c1-5-17-13(16)12(8(2)3)10(15)6-11-14-9(4)7-18-11/h7-8,12H,5-6H2,1-4H3. The van der Waals surface area contributed by atoms with Crippen molar-refractivity contribution in [3.63, 3.8) is 0 Å². The summed E-state index contributed by atoms with van der Waals surface area (Å²) < 4.78 is 4.95. The van der Waals surface area contributed by atoms with Crippen LogP contribution in [0.15, 0.2) is 5.38 Å². The van der Waals surface area contributed by atoms with Crippen molar-refractivity contribution >= 4 is 23.1 Å². The van der Waals surface area contributed by atoms with E-state index in [2.05, 4.69) is 4.98 Å². The summed E-state index contributed by atoms with van der Waals surface area (Å²) in [6.45, 7) is 7.63. The Kier molecular flexibility index (Phi) is 5.47. The molecule has 0 aliphatic carbocycles. The van der Waals surface area contributed by atoms with Crippen LogP contribution in [0.25, 0.3) is 0 Å². The van der Waals surface area contributed by atoms with Crippen LogP contribution in [0.2, 0.25) is 0 Å². The minimum Gasteiger partial charge on any atom is -0.465 e. The first kappa shape index (κ1) is 14.8. The zero-order valence-electron chi connectivity index (χ0n) is 11.2. The van der Waals surface area contributed by atoms with Gasteiger partial charge in [0.1, 0.15) is 10.9 Å². The molecule has 0 aliphatic rings. The SMILES string of the molecule is CCOC(=O)C(C(=O)Cc1nc(C)cs1)C(C)C. The van der Waals surface area contributed by atoms with Crippen LogP contribution in [-0.2, 0) is 20.7 Å². The van der Waals surface area contributed by atoms with Crippen molar-refractivity contribution in [2.45, 2.75) is 34.1 Å². The number of esters is 1. The fraction of sp³-hybridized carbons (Fsp3) is 0.615. The Morgan fingerprint density at radius 1 is 1.44 bits per heavy atom. The molecule has 0 fully saturated rings. The number of aryl methyl sites for hydroxylation is 1. The van der Waals surface area contributed by atoms with Gasteiger partial charge in [0.15, 0.2) is 5.78 Å². The molecule has 0 saturated heterocycles. The monoisotopic (exact) mass is 269 g/mol. The van der Waals surface area contributed by atoms with E-state index in [1.165, 1.54) is 11.3 Å². The number of ketones is 1. The molecule has 0 bridgehead atoms. The molecule has 1 aromatic rings. The second-order valence-corrected chi connectivity index (χ2v) is 5.44. The third-order valence-electron chi connectivity index (χ3n) is 2.55. The minimum atomic E-state index is -0.686. The van der Waals surface area contributed by atoms with E-state index in [1.54, 1.807) is 6.92 Å². The summed E-state index contributed by atoms with van der Waals surface area (Å²) in [5.41, 5.74) is 0.903. The second-order valence-electron chi connectivity index (χ2n) is 4.50. The molecule has 4 nitrogen and oxygen atoms in total. The molecule has 0 N–H and O–H groups in total. The van der Waals surface area contributed by atoms with Gasteiger partial charge in [-0.2, -0.15) is 0 Å². The van der Waals surface area contributed by atoms with Gasteiger partial charge < -0.3 is 4.74 Å². The number of carbonyl (C=O) groups excluding carboxylic acids is 2. The van der Waals surface area contributed by atoms with Crippen molar-refractivity contribution in [2.24, 2.45) is 11.8 Å². The van der Waals surface area contributed by atoms with Crippen molar-refractivity contribution < 1.29 is 14.3 Å². The highest BCUT2D eigenvalue weighted by atomic mass is 32.1. The van der Waals surface area contributed by atoms with Gasteiger partial charge >= 0.3 is 5.97 Å². The van der Waals surface area contributed by atoms with Gasteiger partial charge in [-0.25, -0.2) is 4.98 Å². The van der Waals surface area contributed by atoms with Crippen LogP contribution in [0.5, 0.6) is 0 Å². The van der Waals surface area contributed by atoms with Gasteiger partial charge in [-0.05, 0) is 19.8 Å². The molecule has 0 spiro atoms. The van der Waals surface area contributed by atoms with Crippen LogP contribution in [-0.4, -0.2) is 23.3 Å². The number of thiazole rings is 1. The van der Waals surface area contributed by atoms with Crippen molar-refractivity contribution in [2.75, 3.05) is 6.61 Å². The highest BCUT2D eigenvalue weighted by Crippen LogP contribution is 2.18. The fourth-order valence-corrected chi connectivity index (χ4v) is 2.53. The Hall–Kier alpha value is -1.23. The average molecular weight is 269 g/mol. The number of carbonyl (C=O) groups is 2.